The summed E-state index contributed by atoms with van der Waals surface area (Å²) in [5.41, 5.74) is 13.2. The van der Waals surface area contributed by atoms with Crippen LogP contribution in [0.5, 0.6) is 0 Å². The predicted octanol–water partition coefficient (Wildman–Crippen LogP) is 5.36. The molecule has 5 aliphatic rings. The Kier molecular flexibility index (Phi) is 18.0. The summed E-state index contributed by atoms with van der Waals surface area (Å²) in [6.45, 7) is 17.8. The first-order chi connectivity index (χ1) is 29.4. The summed E-state index contributed by atoms with van der Waals surface area (Å²) < 4.78 is 13.1. The van der Waals surface area contributed by atoms with Gasteiger partial charge in [0.15, 0.2) is 17.3 Å². The van der Waals surface area contributed by atoms with E-state index in [1.54, 1.807) is 6.92 Å². The van der Waals surface area contributed by atoms with Crippen molar-refractivity contribution in [1.29, 1.82) is 0 Å². The summed E-state index contributed by atoms with van der Waals surface area (Å²) in [6, 6.07) is 5.60. The van der Waals surface area contributed by atoms with Gasteiger partial charge in [0, 0.05) is 36.7 Å². The van der Waals surface area contributed by atoms with Crippen LogP contribution in [0.2, 0.25) is 5.82 Å². The lowest BCUT2D eigenvalue weighted by Gasteiger charge is -2.64. The van der Waals surface area contributed by atoms with Gasteiger partial charge in [-0.15, -0.1) is 0 Å². The number of Topliss-reactive ketones (excluding diaryl/α,β-unsaturated/α-hetero) is 3. The molecule has 3 saturated carbocycles. The average molecular weight is 864 g/mol. The van der Waals surface area contributed by atoms with Gasteiger partial charge in [-0.1, -0.05) is 65.3 Å². The van der Waals surface area contributed by atoms with Gasteiger partial charge in [0.1, 0.15) is 6.04 Å². The van der Waals surface area contributed by atoms with Gasteiger partial charge in [-0.05, 0) is 139 Å². The maximum absolute atomic E-state index is 13.8. The lowest BCUT2D eigenvalue weighted by Crippen LogP contribution is -2.65. The number of unbranched alkanes of at least 4 members (excludes halogenated alkanes) is 2. The van der Waals surface area contributed by atoms with Gasteiger partial charge in [-0.3, -0.25) is 24.0 Å². The number of likely N-dealkylation sites (tertiary alicyclic amines) is 1. The molecule has 346 valence electrons. The largest absolute Gasteiger partial charge is 0.461 e. The maximum Gasteiger partial charge on any atom is 0.461 e. The van der Waals surface area contributed by atoms with Crippen molar-refractivity contribution in [2.45, 2.75) is 174 Å². The molecule has 13 nitrogen and oxygen atoms in total. The monoisotopic (exact) mass is 864 g/mol. The molecule has 2 saturated heterocycles. The van der Waals surface area contributed by atoms with Gasteiger partial charge in [-0.25, -0.2) is 0 Å². The van der Waals surface area contributed by atoms with Crippen LogP contribution in [0.3, 0.4) is 0 Å². The number of carbonyl (C=O) groups is 5. The Morgan fingerprint density at radius 3 is 2.18 bits per heavy atom. The van der Waals surface area contributed by atoms with Crippen molar-refractivity contribution in [1.82, 2.24) is 15.5 Å². The number of hydrogen-bond acceptors (Lipinski definition) is 11. The molecule has 0 aromatic heterocycles. The van der Waals surface area contributed by atoms with Gasteiger partial charge in [-0.2, -0.15) is 0 Å². The standard InChI is InChI=1S/C48H78BN5O8/c1-8-9-22-54-23-18-34(19-24-54)33-13-15-35(16-14-33)39(56)27-36(17-21-51)46(60)53-44(32(4)55)41(58)25-30(2)45(59)52-38(12-10-11-20-50)40(57)26-31(3)49-61-43-29-37-28-42(47(37,5)6)48(43,7)62-49/h13-16,30-32,34,36-38,42-44,55H,8-12,17-29,50-51H2,1-7H3,(H,52,59)(H,53,60)/t30-,31-,32-,36-,37+,38+,42+,43?,44+,48+/m1/s1. The number of rotatable bonds is 25. The van der Waals surface area contributed by atoms with E-state index in [0.29, 0.717) is 49.1 Å². The fourth-order valence-corrected chi connectivity index (χ4v) is 10.8. The third kappa shape index (κ3) is 12.0. The second kappa shape index (κ2) is 22.3. The Morgan fingerprint density at radius 1 is 0.871 bits per heavy atom. The number of nitrogens with two attached hydrogens (primary N) is 2. The molecule has 2 heterocycles. The fourth-order valence-electron chi connectivity index (χ4n) is 10.8. The Morgan fingerprint density at radius 2 is 1.56 bits per heavy atom. The molecule has 7 N–H and O–H groups in total. The second-order valence-corrected chi connectivity index (χ2v) is 20.1. The molecule has 10 atom stereocenters. The number of carbonyl (C=O) groups excluding carboxylic acids is 5. The summed E-state index contributed by atoms with van der Waals surface area (Å²) >= 11 is 0. The lowest BCUT2D eigenvalue weighted by molar-refractivity contribution is -0.199. The second-order valence-electron chi connectivity index (χ2n) is 20.1. The van der Waals surface area contributed by atoms with Gasteiger partial charge < -0.3 is 41.4 Å². The topological polar surface area (TPSA) is 203 Å². The number of hydrogen-bond donors (Lipinski definition) is 5. The quantitative estimate of drug-likeness (QED) is 0.0482. The molecule has 1 unspecified atom stereocenters. The number of nitrogens with one attached hydrogen (secondary N) is 2. The van der Waals surface area contributed by atoms with Crippen molar-refractivity contribution in [2.24, 2.45) is 40.6 Å². The van der Waals surface area contributed by atoms with Crippen LogP contribution in [0.25, 0.3) is 0 Å². The molecule has 1 aromatic rings. The predicted molar refractivity (Wildman–Crippen MR) is 242 cm³/mol. The molecule has 2 bridgehead atoms. The van der Waals surface area contributed by atoms with E-state index in [1.165, 1.54) is 25.3 Å². The molecule has 6 rings (SSSR count). The fraction of sp³-hybridized carbons (Fsp3) is 0.771. The third-order valence-electron chi connectivity index (χ3n) is 15.1. The van der Waals surface area contributed by atoms with Crippen LogP contribution < -0.4 is 22.1 Å². The normalized spacial score (nSPS) is 26.3. The van der Waals surface area contributed by atoms with Gasteiger partial charge >= 0.3 is 7.12 Å². The highest BCUT2D eigenvalue weighted by atomic mass is 16.7. The number of aliphatic hydroxyl groups is 1. The summed E-state index contributed by atoms with van der Waals surface area (Å²) in [6.07, 6.45) is 7.10. The van der Waals surface area contributed by atoms with Crippen molar-refractivity contribution < 1.29 is 38.4 Å². The van der Waals surface area contributed by atoms with E-state index in [9.17, 15) is 29.1 Å². The first-order valence-electron chi connectivity index (χ1n) is 23.9. The van der Waals surface area contributed by atoms with Crippen molar-refractivity contribution in [3.63, 3.8) is 0 Å². The van der Waals surface area contributed by atoms with Crippen LogP contribution in [0.15, 0.2) is 24.3 Å². The van der Waals surface area contributed by atoms with E-state index in [1.807, 2.05) is 31.2 Å². The Hall–Kier alpha value is -3.01. The van der Waals surface area contributed by atoms with Gasteiger partial charge in [0.05, 0.1) is 23.9 Å². The lowest BCUT2D eigenvalue weighted by atomic mass is 9.43. The van der Waals surface area contributed by atoms with Crippen molar-refractivity contribution in [3.05, 3.63) is 35.4 Å². The van der Waals surface area contributed by atoms with Crippen LogP contribution in [0.4, 0.5) is 0 Å². The van der Waals surface area contributed by atoms with E-state index in [0.717, 1.165) is 45.3 Å². The minimum absolute atomic E-state index is 0.000769. The Balaban J connectivity index is 1.13. The van der Waals surface area contributed by atoms with Crippen molar-refractivity contribution >= 4 is 36.3 Å². The van der Waals surface area contributed by atoms with Crippen LogP contribution in [-0.2, 0) is 28.5 Å². The summed E-state index contributed by atoms with van der Waals surface area (Å²) in [7, 11) is -0.518. The zero-order chi connectivity index (χ0) is 45.4. The van der Waals surface area contributed by atoms with Crippen molar-refractivity contribution in [2.75, 3.05) is 32.7 Å². The first kappa shape index (κ1) is 50.0. The highest BCUT2D eigenvalue weighted by Crippen LogP contribution is 2.66. The Bertz CT molecular complexity index is 1690. The highest BCUT2D eigenvalue weighted by Gasteiger charge is 2.68. The molecule has 5 fully saturated rings. The number of benzene rings is 1. The van der Waals surface area contributed by atoms with E-state index in [-0.39, 0.29) is 66.7 Å². The molecular formula is C48H78BN5O8. The molecule has 0 radical (unpaired) electrons. The number of aliphatic hydroxyl groups excluding tert-OH is 1. The molecular weight excluding hydrogens is 785 g/mol. The van der Waals surface area contributed by atoms with Crippen molar-refractivity contribution in [3.8, 4) is 0 Å². The van der Waals surface area contributed by atoms with Crippen LogP contribution in [0.1, 0.15) is 154 Å². The van der Waals surface area contributed by atoms with E-state index < -0.39 is 54.7 Å². The SMILES string of the molecule is CCCCN1CCC(c2ccc(C(=O)C[C@@H](CCN)C(=O)N[C@H](C(=O)C[C@@H](C)C(=O)N[C@@H](CCCCN)C(=O)C[C@@H](C)B3OC4C[C@@H]5C[C@@H](C5(C)C)[C@]4(C)O3)[C@@H](C)O)cc2)CC1. The highest BCUT2D eigenvalue weighted by molar-refractivity contribution is 6.47. The molecule has 1 aromatic carbocycles. The maximum atomic E-state index is 13.8. The number of amides is 2. The summed E-state index contributed by atoms with van der Waals surface area (Å²) in [5, 5.41) is 16.2. The minimum atomic E-state index is -1.31. The average Bonchev–Trinajstić information content (AvgIpc) is 3.61. The third-order valence-corrected chi connectivity index (χ3v) is 15.1. The molecule has 3 aliphatic carbocycles. The first-order valence-corrected chi connectivity index (χ1v) is 23.9. The molecule has 2 amide bonds. The van der Waals surface area contributed by atoms with E-state index >= 15 is 0 Å². The molecule has 2 aliphatic heterocycles. The summed E-state index contributed by atoms with van der Waals surface area (Å²) in [4.78, 5) is 70.7. The number of ketones is 3. The number of piperidine rings is 1. The minimum Gasteiger partial charge on any atom is -0.405 e. The van der Waals surface area contributed by atoms with Crippen LogP contribution >= 0.6 is 0 Å². The molecule has 0 spiro atoms. The zero-order valence-electron chi connectivity index (χ0n) is 38.8. The molecule has 62 heavy (non-hydrogen) atoms. The molecule has 14 heteroatoms. The van der Waals surface area contributed by atoms with Crippen LogP contribution in [0, 0.1) is 29.1 Å². The van der Waals surface area contributed by atoms with Gasteiger partial charge in [0.2, 0.25) is 11.8 Å². The van der Waals surface area contributed by atoms with Gasteiger partial charge in [0.25, 0.3) is 0 Å². The zero-order valence-corrected chi connectivity index (χ0v) is 38.8. The summed E-state index contributed by atoms with van der Waals surface area (Å²) in [5.74, 6) is -2.36. The van der Waals surface area contributed by atoms with E-state index in [2.05, 4.69) is 43.2 Å². The Labute approximate surface area is 371 Å². The van der Waals surface area contributed by atoms with E-state index in [4.69, 9.17) is 20.8 Å². The van der Waals surface area contributed by atoms with Crippen LogP contribution in [-0.4, -0.2) is 109 Å². The number of nitrogens with zero attached hydrogens (tertiary/aromatic N) is 1. The smallest absolute Gasteiger partial charge is 0.405 e.